The van der Waals surface area contributed by atoms with Crippen molar-refractivity contribution >= 4 is 64.1 Å². The van der Waals surface area contributed by atoms with Gasteiger partial charge in [-0.3, -0.25) is 9.59 Å². The van der Waals surface area contributed by atoms with Crippen LogP contribution in [0.2, 0.25) is 15.1 Å². The van der Waals surface area contributed by atoms with Crippen molar-refractivity contribution < 1.29 is 18.7 Å². The molecule has 1 aromatic heterocycles. The second kappa shape index (κ2) is 12.7. The summed E-state index contributed by atoms with van der Waals surface area (Å²) < 4.78 is 11.1. The van der Waals surface area contributed by atoms with Crippen LogP contribution in [0.5, 0.6) is 5.75 Å². The van der Waals surface area contributed by atoms with Crippen molar-refractivity contribution in [1.29, 1.82) is 0 Å². The molecule has 2 heterocycles. The fourth-order valence-electron chi connectivity index (χ4n) is 4.56. The quantitative estimate of drug-likeness (QED) is 0.219. The Bertz CT molecular complexity index is 1590. The number of hydrogen-bond donors (Lipinski definition) is 1. The van der Waals surface area contributed by atoms with Gasteiger partial charge in [-0.15, -0.1) is 0 Å². The molecule has 7 nitrogen and oxygen atoms in total. The summed E-state index contributed by atoms with van der Waals surface area (Å²) in [5.41, 5.74) is 2.81. The Hall–Kier alpha value is -3.91. The van der Waals surface area contributed by atoms with E-state index in [1.807, 2.05) is 30.3 Å². The maximum absolute atomic E-state index is 13.1. The molecule has 1 aliphatic heterocycles. The van der Waals surface area contributed by atoms with Crippen LogP contribution in [0.3, 0.4) is 0 Å². The third-order valence-corrected chi connectivity index (χ3v) is 7.76. The van der Waals surface area contributed by atoms with E-state index in [0.29, 0.717) is 75.3 Å². The number of anilines is 2. The van der Waals surface area contributed by atoms with Crippen LogP contribution >= 0.6 is 34.8 Å². The van der Waals surface area contributed by atoms with Gasteiger partial charge in [0.1, 0.15) is 17.3 Å². The predicted molar refractivity (Wildman–Crippen MR) is 164 cm³/mol. The third-order valence-electron chi connectivity index (χ3n) is 6.70. The number of amides is 2. The molecule has 5 rings (SSSR count). The summed E-state index contributed by atoms with van der Waals surface area (Å²) in [7, 11) is 1.54. The Kier molecular flexibility index (Phi) is 8.88. The Balaban J connectivity index is 1.14. The van der Waals surface area contributed by atoms with Crippen LogP contribution in [-0.2, 0) is 4.79 Å². The number of furan rings is 1. The molecule has 1 saturated heterocycles. The SMILES string of the molecule is COc1ccc(Cl)cc1C(=O)N1CCN(c2ccc(NC(=O)/C=C/c3ccc(-c4cccc(Cl)c4Cl)o3)cc2)CC1. The van der Waals surface area contributed by atoms with Crippen molar-refractivity contribution in [3.05, 3.63) is 105 Å². The summed E-state index contributed by atoms with van der Waals surface area (Å²) in [6, 6.07) is 21.5. The Morgan fingerprint density at radius 3 is 2.41 bits per heavy atom. The minimum absolute atomic E-state index is 0.103. The second-order valence-corrected chi connectivity index (χ2v) is 10.5. The molecule has 1 fully saturated rings. The van der Waals surface area contributed by atoms with Crippen LogP contribution in [0.25, 0.3) is 17.4 Å². The van der Waals surface area contributed by atoms with Crippen molar-refractivity contribution in [2.75, 3.05) is 43.5 Å². The van der Waals surface area contributed by atoms with E-state index in [1.165, 1.54) is 13.2 Å². The lowest BCUT2D eigenvalue weighted by Gasteiger charge is -2.36. The normalized spacial score (nSPS) is 13.5. The monoisotopic (exact) mass is 609 g/mol. The van der Waals surface area contributed by atoms with Crippen LogP contribution < -0.4 is 15.0 Å². The van der Waals surface area contributed by atoms with Crippen molar-refractivity contribution in [2.45, 2.75) is 0 Å². The molecular formula is C31H26Cl3N3O4. The molecule has 4 aromatic rings. The molecule has 1 N–H and O–H groups in total. The molecule has 0 bridgehead atoms. The zero-order valence-electron chi connectivity index (χ0n) is 22.1. The third kappa shape index (κ3) is 6.70. The first-order valence-electron chi connectivity index (χ1n) is 12.8. The number of hydrogen-bond acceptors (Lipinski definition) is 5. The van der Waals surface area contributed by atoms with Crippen LogP contribution in [0.1, 0.15) is 16.1 Å². The van der Waals surface area contributed by atoms with Gasteiger partial charge in [-0.25, -0.2) is 0 Å². The first kappa shape index (κ1) is 28.6. The lowest BCUT2D eigenvalue weighted by molar-refractivity contribution is -0.111. The molecular weight excluding hydrogens is 585 g/mol. The van der Waals surface area contributed by atoms with Crippen LogP contribution in [0, 0.1) is 0 Å². The average Bonchev–Trinajstić information content (AvgIpc) is 3.46. The Morgan fingerprint density at radius 1 is 0.927 bits per heavy atom. The molecule has 0 spiro atoms. The number of nitrogens with zero attached hydrogens (tertiary/aromatic N) is 2. The van der Waals surface area contributed by atoms with Crippen molar-refractivity contribution in [1.82, 2.24) is 4.90 Å². The van der Waals surface area contributed by atoms with E-state index in [1.54, 1.807) is 53.4 Å². The van der Waals surface area contributed by atoms with Gasteiger partial charge in [0.25, 0.3) is 5.91 Å². The number of methoxy groups -OCH3 is 1. The molecule has 210 valence electrons. The zero-order valence-corrected chi connectivity index (χ0v) is 24.3. The first-order chi connectivity index (χ1) is 19.8. The highest BCUT2D eigenvalue weighted by molar-refractivity contribution is 6.43. The van der Waals surface area contributed by atoms with E-state index in [9.17, 15) is 9.59 Å². The highest BCUT2D eigenvalue weighted by atomic mass is 35.5. The highest BCUT2D eigenvalue weighted by Gasteiger charge is 2.25. The van der Waals surface area contributed by atoms with E-state index in [-0.39, 0.29) is 11.8 Å². The lowest BCUT2D eigenvalue weighted by Crippen LogP contribution is -2.48. The lowest BCUT2D eigenvalue weighted by atomic mass is 10.1. The number of piperazine rings is 1. The van der Waals surface area contributed by atoms with E-state index in [0.717, 1.165) is 5.69 Å². The Morgan fingerprint density at radius 2 is 1.68 bits per heavy atom. The molecule has 3 aromatic carbocycles. The van der Waals surface area contributed by atoms with Crippen LogP contribution in [0.4, 0.5) is 11.4 Å². The first-order valence-corrected chi connectivity index (χ1v) is 14.0. The van der Waals surface area contributed by atoms with Gasteiger partial charge in [-0.1, -0.05) is 40.9 Å². The van der Waals surface area contributed by atoms with Crippen LogP contribution in [-0.4, -0.2) is 50.0 Å². The zero-order chi connectivity index (χ0) is 28.9. The minimum Gasteiger partial charge on any atom is -0.496 e. The van der Waals surface area contributed by atoms with Crippen LogP contribution in [0.15, 0.2) is 83.3 Å². The smallest absolute Gasteiger partial charge is 0.257 e. The highest BCUT2D eigenvalue weighted by Crippen LogP contribution is 2.34. The molecule has 10 heteroatoms. The molecule has 2 amide bonds. The topological polar surface area (TPSA) is 75.0 Å². The van der Waals surface area contributed by atoms with Gasteiger partial charge < -0.3 is 24.3 Å². The number of halogens is 3. The molecule has 0 saturated carbocycles. The molecule has 0 unspecified atom stereocenters. The molecule has 0 radical (unpaired) electrons. The van der Waals surface area contributed by atoms with Gasteiger partial charge >= 0.3 is 0 Å². The minimum atomic E-state index is -0.292. The summed E-state index contributed by atoms with van der Waals surface area (Å²) in [6.07, 6.45) is 2.99. The number of nitrogens with one attached hydrogen (secondary N) is 1. The van der Waals surface area contributed by atoms with Gasteiger partial charge in [0.2, 0.25) is 5.91 Å². The number of ether oxygens (including phenoxy) is 1. The predicted octanol–water partition coefficient (Wildman–Crippen LogP) is 7.53. The number of benzene rings is 3. The van der Waals surface area contributed by atoms with Crippen molar-refractivity contribution in [3.8, 4) is 17.1 Å². The van der Waals surface area contributed by atoms with Crippen molar-refractivity contribution in [3.63, 3.8) is 0 Å². The summed E-state index contributed by atoms with van der Waals surface area (Å²) in [5, 5.41) is 4.19. The fraction of sp³-hybridized carbons (Fsp3) is 0.161. The Labute approximate surface area is 252 Å². The van der Waals surface area contributed by atoms with Gasteiger partial charge in [0, 0.05) is 54.2 Å². The number of carbonyl (C=O) groups excluding carboxylic acids is 2. The second-order valence-electron chi connectivity index (χ2n) is 9.30. The maximum atomic E-state index is 13.1. The summed E-state index contributed by atoms with van der Waals surface area (Å²) in [4.78, 5) is 29.6. The summed E-state index contributed by atoms with van der Waals surface area (Å²) in [5.74, 6) is 1.18. The van der Waals surface area contributed by atoms with E-state index >= 15 is 0 Å². The summed E-state index contributed by atoms with van der Waals surface area (Å²) >= 11 is 18.5. The van der Waals surface area contributed by atoms with Gasteiger partial charge in [-0.2, -0.15) is 0 Å². The standard InChI is InChI=1S/C31H26Cl3N3O4/c1-40-27-12-5-20(32)19-25(27)31(39)37-17-15-36(16-18-37)22-8-6-21(7-9-22)35-29(38)14-11-23-10-13-28(41-23)24-3-2-4-26(33)30(24)34/h2-14,19H,15-18H2,1H3,(H,35,38)/b14-11+. The van der Waals surface area contributed by atoms with E-state index in [2.05, 4.69) is 10.2 Å². The van der Waals surface area contributed by atoms with Gasteiger partial charge in [0.15, 0.2) is 0 Å². The molecule has 0 aliphatic carbocycles. The fourth-order valence-corrected chi connectivity index (χ4v) is 5.13. The van der Waals surface area contributed by atoms with E-state index in [4.69, 9.17) is 44.0 Å². The average molecular weight is 611 g/mol. The van der Waals surface area contributed by atoms with E-state index < -0.39 is 0 Å². The number of carbonyl (C=O) groups is 2. The van der Waals surface area contributed by atoms with Gasteiger partial charge in [0.05, 0.1) is 22.7 Å². The molecule has 1 aliphatic rings. The molecule has 41 heavy (non-hydrogen) atoms. The molecule has 0 atom stereocenters. The van der Waals surface area contributed by atoms with Gasteiger partial charge in [-0.05, 0) is 72.8 Å². The summed E-state index contributed by atoms with van der Waals surface area (Å²) in [6.45, 7) is 2.48. The van der Waals surface area contributed by atoms with Crippen molar-refractivity contribution in [2.24, 2.45) is 0 Å². The number of rotatable bonds is 7. The largest absolute Gasteiger partial charge is 0.496 e. The maximum Gasteiger partial charge on any atom is 0.257 e.